The number of aliphatic hydroxyl groups is 1. The number of ether oxygens (including phenoxy) is 1. The van der Waals surface area contributed by atoms with Crippen LogP contribution >= 0.6 is 0 Å². The van der Waals surface area contributed by atoms with E-state index in [2.05, 4.69) is 10.3 Å². The van der Waals surface area contributed by atoms with Crippen molar-refractivity contribution in [2.75, 3.05) is 6.54 Å². The first-order valence-electron chi connectivity index (χ1n) is 8.35. The van der Waals surface area contributed by atoms with Crippen LogP contribution in [0.2, 0.25) is 0 Å². The lowest BCUT2D eigenvalue weighted by molar-refractivity contribution is 0.0916. The van der Waals surface area contributed by atoms with Crippen LogP contribution in [-0.4, -0.2) is 22.5 Å². The highest BCUT2D eigenvalue weighted by Gasteiger charge is 2.11. The molecule has 0 saturated carbocycles. The van der Waals surface area contributed by atoms with Gasteiger partial charge in [-0.3, -0.25) is 9.78 Å². The number of nitrogens with zero attached hydrogens (tertiary/aromatic N) is 1. The van der Waals surface area contributed by atoms with Gasteiger partial charge in [-0.25, -0.2) is 0 Å². The Bertz CT molecular complexity index is 838. The van der Waals surface area contributed by atoms with Gasteiger partial charge in [0.2, 0.25) is 0 Å². The molecule has 2 aromatic carbocycles. The van der Waals surface area contributed by atoms with Crippen molar-refractivity contribution in [2.45, 2.75) is 12.7 Å². The van der Waals surface area contributed by atoms with Crippen LogP contribution in [0.5, 0.6) is 5.75 Å². The Hall–Kier alpha value is -3.18. The number of aromatic nitrogens is 1. The molecule has 0 radical (unpaired) electrons. The highest BCUT2D eigenvalue weighted by atomic mass is 16.5. The molecule has 0 spiro atoms. The van der Waals surface area contributed by atoms with E-state index < -0.39 is 6.10 Å². The number of amides is 1. The molecule has 3 rings (SSSR count). The molecule has 0 aliphatic carbocycles. The third kappa shape index (κ3) is 4.91. The SMILES string of the molecule is O=C(NC[C@@H](O)c1cccc(OCc2ccccc2)c1)c1ccncc1. The molecule has 0 aliphatic heterocycles. The molecule has 3 aromatic rings. The summed E-state index contributed by atoms with van der Waals surface area (Å²) in [5.41, 5.74) is 2.26. The van der Waals surface area contributed by atoms with Crippen LogP contribution in [0.25, 0.3) is 0 Å². The molecule has 1 atom stereocenters. The Morgan fingerprint density at radius 3 is 2.58 bits per heavy atom. The van der Waals surface area contributed by atoms with E-state index in [1.807, 2.05) is 42.5 Å². The van der Waals surface area contributed by atoms with Crippen LogP contribution in [0.1, 0.15) is 27.6 Å². The molecule has 2 N–H and O–H groups in total. The maximum atomic E-state index is 12.0. The number of nitrogens with one attached hydrogen (secondary N) is 1. The quantitative estimate of drug-likeness (QED) is 0.688. The van der Waals surface area contributed by atoms with Crippen molar-refractivity contribution in [1.82, 2.24) is 10.3 Å². The summed E-state index contributed by atoms with van der Waals surface area (Å²) in [5.74, 6) is 0.425. The van der Waals surface area contributed by atoms with Crippen molar-refractivity contribution in [2.24, 2.45) is 0 Å². The van der Waals surface area contributed by atoms with Crippen molar-refractivity contribution in [1.29, 1.82) is 0 Å². The third-order valence-corrected chi connectivity index (χ3v) is 3.89. The summed E-state index contributed by atoms with van der Waals surface area (Å²) >= 11 is 0. The normalized spacial score (nSPS) is 11.6. The predicted molar refractivity (Wildman–Crippen MR) is 98.7 cm³/mol. The summed E-state index contributed by atoms with van der Waals surface area (Å²) in [5, 5.41) is 13.1. The predicted octanol–water partition coefficient (Wildman–Crippen LogP) is 3.12. The number of carbonyl (C=O) groups excluding carboxylic acids is 1. The van der Waals surface area contributed by atoms with Gasteiger partial charge in [-0.2, -0.15) is 0 Å². The first-order chi connectivity index (χ1) is 12.7. The summed E-state index contributed by atoms with van der Waals surface area (Å²) < 4.78 is 5.77. The molecular formula is C21H20N2O3. The van der Waals surface area contributed by atoms with Gasteiger partial charge in [-0.15, -0.1) is 0 Å². The Labute approximate surface area is 152 Å². The van der Waals surface area contributed by atoms with Gasteiger partial charge in [-0.1, -0.05) is 42.5 Å². The number of carbonyl (C=O) groups is 1. The zero-order chi connectivity index (χ0) is 18.2. The van der Waals surface area contributed by atoms with Gasteiger partial charge in [0.05, 0.1) is 6.10 Å². The summed E-state index contributed by atoms with van der Waals surface area (Å²) in [4.78, 5) is 15.9. The zero-order valence-electron chi connectivity index (χ0n) is 14.2. The summed E-state index contributed by atoms with van der Waals surface area (Å²) in [7, 11) is 0. The van der Waals surface area contributed by atoms with Gasteiger partial charge in [0.15, 0.2) is 0 Å². The minimum absolute atomic E-state index is 0.114. The van der Waals surface area contributed by atoms with Gasteiger partial charge in [-0.05, 0) is 35.4 Å². The summed E-state index contributed by atoms with van der Waals surface area (Å²) in [6, 6.07) is 20.4. The highest BCUT2D eigenvalue weighted by molar-refractivity contribution is 5.93. The van der Waals surface area contributed by atoms with Gasteiger partial charge in [0.25, 0.3) is 5.91 Å². The van der Waals surface area contributed by atoms with Crippen molar-refractivity contribution in [3.8, 4) is 5.75 Å². The van der Waals surface area contributed by atoms with Crippen LogP contribution in [-0.2, 0) is 6.61 Å². The minimum Gasteiger partial charge on any atom is -0.489 e. The van der Waals surface area contributed by atoms with Crippen LogP contribution in [0.15, 0.2) is 79.1 Å². The largest absolute Gasteiger partial charge is 0.489 e. The number of benzene rings is 2. The highest BCUT2D eigenvalue weighted by Crippen LogP contribution is 2.20. The van der Waals surface area contributed by atoms with Gasteiger partial charge in [0.1, 0.15) is 12.4 Å². The van der Waals surface area contributed by atoms with Crippen molar-refractivity contribution in [3.63, 3.8) is 0 Å². The Kier molecular flexibility index (Phi) is 5.96. The van der Waals surface area contributed by atoms with Crippen molar-refractivity contribution >= 4 is 5.91 Å². The van der Waals surface area contributed by atoms with E-state index in [9.17, 15) is 9.90 Å². The second-order valence-electron chi connectivity index (χ2n) is 5.81. The molecule has 26 heavy (non-hydrogen) atoms. The molecule has 0 saturated heterocycles. The van der Waals surface area contributed by atoms with Gasteiger partial charge in [0, 0.05) is 24.5 Å². The molecule has 0 unspecified atom stereocenters. The van der Waals surface area contributed by atoms with Crippen LogP contribution in [0, 0.1) is 0 Å². The maximum absolute atomic E-state index is 12.0. The van der Waals surface area contributed by atoms with E-state index in [0.29, 0.717) is 23.5 Å². The fourth-order valence-electron chi connectivity index (χ4n) is 2.47. The Morgan fingerprint density at radius 2 is 1.81 bits per heavy atom. The molecule has 1 amide bonds. The fourth-order valence-corrected chi connectivity index (χ4v) is 2.47. The van der Waals surface area contributed by atoms with Crippen LogP contribution < -0.4 is 10.1 Å². The number of pyridine rings is 1. The lowest BCUT2D eigenvalue weighted by Gasteiger charge is -2.14. The number of hydrogen-bond acceptors (Lipinski definition) is 4. The molecular weight excluding hydrogens is 328 g/mol. The Balaban J connectivity index is 1.56. The summed E-state index contributed by atoms with van der Waals surface area (Å²) in [6.07, 6.45) is 2.29. The topological polar surface area (TPSA) is 71.5 Å². The van der Waals surface area contributed by atoms with E-state index in [1.165, 1.54) is 0 Å². The molecule has 1 aromatic heterocycles. The second-order valence-corrected chi connectivity index (χ2v) is 5.81. The summed E-state index contributed by atoms with van der Waals surface area (Å²) in [6.45, 7) is 0.572. The van der Waals surface area contributed by atoms with Gasteiger partial charge >= 0.3 is 0 Å². The van der Waals surface area contributed by atoms with Gasteiger partial charge < -0.3 is 15.2 Å². The smallest absolute Gasteiger partial charge is 0.251 e. The molecule has 132 valence electrons. The number of aliphatic hydroxyl groups excluding tert-OH is 1. The first-order valence-corrected chi connectivity index (χ1v) is 8.35. The molecule has 0 aliphatic rings. The average molecular weight is 348 g/mol. The lowest BCUT2D eigenvalue weighted by Crippen LogP contribution is -2.28. The van der Waals surface area contributed by atoms with E-state index in [4.69, 9.17) is 4.74 Å². The molecule has 0 fully saturated rings. The van der Waals surface area contributed by atoms with E-state index >= 15 is 0 Å². The number of hydrogen-bond donors (Lipinski definition) is 2. The standard InChI is InChI=1S/C21H20N2O3/c24-20(14-23-21(25)17-9-11-22-12-10-17)18-7-4-8-19(13-18)26-15-16-5-2-1-3-6-16/h1-13,20,24H,14-15H2,(H,23,25)/t20-/m1/s1. The first kappa shape index (κ1) is 17.6. The monoisotopic (exact) mass is 348 g/mol. The van der Waals surface area contributed by atoms with E-state index in [0.717, 1.165) is 5.56 Å². The minimum atomic E-state index is -0.818. The molecule has 5 nitrogen and oxygen atoms in total. The van der Waals surface area contributed by atoms with Crippen molar-refractivity contribution < 1.29 is 14.6 Å². The fraction of sp³-hybridized carbons (Fsp3) is 0.143. The second kappa shape index (κ2) is 8.78. The third-order valence-electron chi connectivity index (χ3n) is 3.89. The van der Waals surface area contributed by atoms with Crippen molar-refractivity contribution in [3.05, 3.63) is 95.8 Å². The van der Waals surface area contributed by atoms with Crippen LogP contribution in [0.4, 0.5) is 0 Å². The molecule has 5 heteroatoms. The maximum Gasteiger partial charge on any atom is 0.251 e. The van der Waals surface area contributed by atoms with E-state index in [-0.39, 0.29) is 12.5 Å². The Morgan fingerprint density at radius 1 is 1.04 bits per heavy atom. The van der Waals surface area contributed by atoms with Crippen LogP contribution in [0.3, 0.4) is 0 Å². The lowest BCUT2D eigenvalue weighted by atomic mass is 10.1. The number of rotatable bonds is 7. The van der Waals surface area contributed by atoms with E-state index in [1.54, 1.807) is 36.7 Å². The average Bonchev–Trinajstić information content (AvgIpc) is 2.72. The molecule has 1 heterocycles. The molecule has 0 bridgehead atoms. The zero-order valence-corrected chi connectivity index (χ0v) is 14.2.